The molecule has 2 aromatic rings. The van der Waals surface area contributed by atoms with Crippen molar-refractivity contribution < 1.29 is 5.11 Å². The van der Waals surface area contributed by atoms with Gasteiger partial charge in [-0.15, -0.1) is 0 Å². The van der Waals surface area contributed by atoms with Crippen molar-refractivity contribution in [3.05, 3.63) is 40.4 Å². The predicted octanol–water partition coefficient (Wildman–Crippen LogP) is 2.62. The van der Waals surface area contributed by atoms with Crippen LogP contribution >= 0.6 is 22.9 Å². The van der Waals surface area contributed by atoms with E-state index in [0.717, 1.165) is 41.2 Å². The van der Waals surface area contributed by atoms with Gasteiger partial charge in [0, 0.05) is 43.1 Å². The maximum Gasteiger partial charge on any atom is 0.185 e. The minimum absolute atomic E-state index is 0.0696. The normalized spacial score (nSPS) is 15.7. The van der Waals surface area contributed by atoms with Crippen LogP contribution in [0.2, 0.25) is 5.02 Å². The van der Waals surface area contributed by atoms with Gasteiger partial charge in [0.05, 0.1) is 11.5 Å². The summed E-state index contributed by atoms with van der Waals surface area (Å²) < 4.78 is 0. The maximum absolute atomic E-state index is 9.10. The Balaban J connectivity index is 1.64. The third kappa shape index (κ3) is 2.90. The Morgan fingerprint density at radius 2 is 1.95 bits per heavy atom. The van der Waals surface area contributed by atoms with E-state index in [2.05, 4.69) is 20.9 Å². The first-order valence-corrected chi connectivity index (χ1v) is 7.77. The molecule has 106 valence electrons. The lowest BCUT2D eigenvalue weighted by molar-refractivity contribution is 0.285. The molecule has 1 N–H and O–H groups in total. The van der Waals surface area contributed by atoms with Crippen LogP contribution in [0.5, 0.6) is 0 Å². The number of hydrogen-bond donors (Lipinski definition) is 1. The highest BCUT2D eigenvalue weighted by Crippen LogP contribution is 2.26. The summed E-state index contributed by atoms with van der Waals surface area (Å²) in [4.78, 5) is 9.89. The lowest BCUT2D eigenvalue weighted by atomic mass is 10.2. The van der Waals surface area contributed by atoms with Crippen LogP contribution in [-0.4, -0.2) is 36.3 Å². The molecule has 1 fully saturated rings. The van der Waals surface area contributed by atoms with Crippen LogP contribution in [0.1, 0.15) is 4.88 Å². The van der Waals surface area contributed by atoms with E-state index in [1.165, 1.54) is 5.69 Å². The van der Waals surface area contributed by atoms with Gasteiger partial charge in [0.25, 0.3) is 0 Å². The number of anilines is 2. The molecule has 1 aliphatic rings. The summed E-state index contributed by atoms with van der Waals surface area (Å²) in [6, 6.07) is 7.98. The zero-order valence-corrected chi connectivity index (χ0v) is 12.6. The van der Waals surface area contributed by atoms with E-state index in [9.17, 15) is 0 Å². The van der Waals surface area contributed by atoms with Crippen molar-refractivity contribution in [3.8, 4) is 0 Å². The fraction of sp³-hybridized carbons (Fsp3) is 0.357. The van der Waals surface area contributed by atoms with Crippen molar-refractivity contribution in [3.63, 3.8) is 0 Å². The van der Waals surface area contributed by atoms with Crippen LogP contribution in [0.4, 0.5) is 10.8 Å². The van der Waals surface area contributed by atoms with Gasteiger partial charge >= 0.3 is 0 Å². The summed E-state index contributed by atoms with van der Waals surface area (Å²) in [7, 11) is 0. The van der Waals surface area contributed by atoms with E-state index < -0.39 is 0 Å². The summed E-state index contributed by atoms with van der Waals surface area (Å²) >= 11 is 7.60. The molecule has 0 amide bonds. The average Bonchev–Trinajstić information content (AvgIpc) is 2.96. The van der Waals surface area contributed by atoms with E-state index in [1.807, 2.05) is 18.2 Å². The third-order valence-corrected chi connectivity index (χ3v) is 4.70. The van der Waals surface area contributed by atoms with E-state index in [0.29, 0.717) is 0 Å². The minimum Gasteiger partial charge on any atom is -0.391 e. The van der Waals surface area contributed by atoms with Crippen molar-refractivity contribution in [1.29, 1.82) is 0 Å². The standard InChI is InChI=1S/C14H16ClN3OS/c15-11-2-1-3-12(8-11)17-4-6-18(7-5-17)14-16-9-13(10-19)20-14/h1-3,8-9,19H,4-7,10H2. The minimum atomic E-state index is 0.0696. The van der Waals surface area contributed by atoms with Crippen LogP contribution < -0.4 is 9.80 Å². The Morgan fingerprint density at radius 1 is 1.20 bits per heavy atom. The van der Waals surface area contributed by atoms with Crippen molar-refractivity contribution in [2.24, 2.45) is 0 Å². The molecule has 0 atom stereocenters. The maximum atomic E-state index is 9.10. The van der Waals surface area contributed by atoms with Gasteiger partial charge in [-0.1, -0.05) is 29.0 Å². The summed E-state index contributed by atoms with van der Waals surface area (Å²) in [6.07, 6.45) is 1.75. The van der Waals surface area contributed by atoms with Gasteiger partial charge in [-0.2, -0.15) is 0 Å². The molecule has 1 aromatic carbocycles. The SMILES string of the molecule is OCc1cnc(N2CCN(c3cccc(Cl)c3)CC2)s1. The number of hydrogen-bond acceptors (Lipinski definition) is 5. The second kappa shape index (κ2) is 5.99. The molecule has 1 saturated heterocycles. The van der Waals surface area contributed by atoms with Crippen LogP contribution in [0.15, 0.2) is 30.5 Å². The zero-order chi connectivity index (χ0) is 13.9. The van der Waals surface area contributed by atoms with E-state index in [4.69, 9.17) is 16.7 Å². The van der Waals surface area contributed by atoms with Gasteiger partial charge in [-0.25, -0.2) is 4.98 Å². The number of aliphatic hydroxyl groups excluding tert-OH is 1. The fourth-order valence-electron chi connectivity index (χ4n) is 2.35. The highest BCUT2D eigenvalue weighted by molar-refractivity contribution is 7.15. The molecule has 0 saturated carbocycles. The average molecular weight is 310 g/mol. The largest absolute Gasteiger partial charge is 0.391 e. The number of piperazine rings is 1. The molecule has 4 nitrogen and oxygen atoms in total. The number of halogens is 1. The van der Waals surface area contributed by atoms with E-state index in [1.54, 1.807) is 17.5 Å². The molecule has 0 unspecified atom stereocenters. The first-order valence-electron chi connectivity index (χ1n) is 6.57. The highest BCUT2D eigenvalue weighted by Gasteiger charge is 2.19. The van der Waals surface area contributed by atoms with E-state index >= 15 is 0 Å². The molecule has 1 aliphatic heterocycles. The fourth-order valence-corrected chi connectivity index (χ4v) is 3.35. The van der Waals surface area contributed by atoms with Crippen molar-refractivity contribution in [2.75, 3.05) is 36.0 Å². The summed E-state index contributed by atoms with van der Waals surface area (Å²) in [5.41, 5.74) is 1.17. The number of aromatic nitrogens is 1. The van der Waals surface area contributed by atoms with Gasteiger partial charge in [0.15, 0.2) is 5.13 Å². The zero-order valence-electron chi connectivity index (χ0n) is 11.0. The first-order chi connectivity index (χ1) is 9.76. The van der Waals surface area contributed by atoms with Gasteiger partial charge in [-0.05, 0) is 18.2 Å². The van der Waals surface area contributed by atoms with Gasteiger partial charge in [-0.3, -0.25) is 0 Å². The Kier molecular flexibility index (Phi) is 4.10. The summed E-state index contributed by atoms with van der Waals surface area (Å²) in [5.74, 6) is 0. The van der Waals surface area contributed by atoms with Crippen LogP contribution in [0.25, 0.3) is 0 Å². The van der Waals surface area contributed by atoms with Crippen LogP contribution in [0.3, 0.4) is 0 Å². The quantitative estimate of drug-likeness (QED) is 0.946. The van der Waals surface area contributed by atoms with E-state index in [-0.39, 0.29) is 6.61 Å². The molecule has 1 aromatic heterocycles. The van der Waals surface area contributed by atoms with Crippen LogP contribution in [0, 0.1) is 0 Å². The first kappa shape index (κ1) is 13.7. The molecule has 0 spiro atoms. The highest BCUT2D eigenvalue weighted by atomic mass is 35.5. The molecule has 20 heavy (non-hydrogen) atoms. The molecule has 0 aliphatic carbocycles. The third-order valence-electron chi connectivity index (χ3n) is 3.42. The van der Waals surface area contributed by atoms with Gasteiger partial charge in [0.1, 0.15) is 0 Å². The van der Waals surface area contributed by atoms with Crippen molar-refractivity contribution >= 4 is 33.8 Å². The number of aliphatic hydroxyl groups is 1. The smallest absolute Gasteiger partial charge is 0.185 e. The Hall–Kier alpha value is -1.30. The predicted molar refractivity (Wildman–Crippen MR) is 83.9 cm³/mol. The number of rotatable bonds is 3. The van der Waals surface area contributed by atoms with Gasteiger partial charge in [0.2, 0.25) is 0 Å². The number of nitrogens with zero attached hydrogens (tertiary/aromatic N) is 3. The summed E-state index contributed by atoms with van der Waals surface area (Å²) in [6.45, 7) is 3.85. The Bertz CT molecular complexity index is 581. The van der Waals surface area contributed by atoms with Crippen LogP contribution in [-0.2, 0) is 6.61 Å². The second-order valence-corrected chi connectivity index (χ2v) is 6.25. The Labute approximate surface area is 127 Å². The van der Waals surface area contributed by atoms with Crippen molar-refractivity contribution in [2.45, 2.75) is 6.61 Å². The lowest BCUT2D eigenvalue weighted by Crippen LogP contribution is -2.46. The van der Waals surface area contributed by atoms with Gasteiger partial charge < -0.3 is 14.9 Å². The molecule has 0 radical (unpaired) electrons. The molecular weight excluding hydrogens is 294 g/mol. The molecular formula is C14H16ClN3OS. The molecule has 6 heteroatoms. The monoisotopic (exact) mass is 309 g/mol. The number of benzene rings is 1. The molecule has 3 rings (SSSR count). The topological polar surface area (TPSA) is 39.6 Å². The summed E-state index contributed by atoms with van der Waals surface area (Å²) in [5, 5.41) is 10.9. The lowest BCUT2D eigenvalue weighted by Gasteiger charge is -2.36. The molecule has 2 heterocycles. The Morgan fingerprint density at radius 3 is 2.60 bits per heavy atom. The number of thiazole rings is 1. The second-order valence-electron chi connectivity index (χ2n) is 4.72. The van der Waals surface area contributed by atoms with Crippen molar-refractivity contribution in [1.82, 2.24) is 4.98 Å². The molecule has 0 bridgehead atoms.